The van der Waals surface area contributed by atoms with E-state index in [0.717, 1.165) is 17.8 Å². The molecule has 0 saturated heterocycles. The fourth-order valence-electron chi connectivity index (χ4n) is 2.38. The number of aryl methyl sites for hydroxylation is 2. The van der Waals surface area contributed by atoms with Gasteiger partial charge in [-0.1, -0.05) is 54.2 Å². The summed E-state index contributed by atoms with van der Waals surface area (Å²) in [5.41, 5.74) is 0.881. The SMILES string of the molecule is CCc1nnc(SC(C(=O)Nc2cc(C)on2)c2ccccc2)n1C. The lowest BCUT2D eigenvalue weighted by atomic mass is 10.1. The highest BCUT2D eigenvalue weighted by atomic mass is 32.2. The lowest BCUT2D eigenvalue weighted by Crippen LogP contribution is -2.19. The maximum atomic E-state index is 12.8. The summed E-state index contributed by atoms with van der Waals surface area (Å²) in [6.45, 7) is 3.80. The zero-order chi connectivity index (χ0) is 17.8. The van der Waals surface area contributed by atoms with Crippen LogP contribution in [-0.2, 0) is 18.3 Å². The van der Waals surface area contributed by atoms with Gasteiger partial charge in [-0.2, -0.15) is 0 Å². The summed E-state index contributed by atoms with van der Waals surface area (Å²) < 4.78 is 6.92. The number of hydrogen-bond acceptors (Lipinski definition) is 6. The number of aromatic nitrogens is 4. The average molecular weight is 357 g/mol. The molecule has 0 aliphatic heterocycles. The van der Waals surface area contributed by atoms with Gasteiger partial charge in [-0.05, 0) is 12.5 Å². The Kier molecular flexibility index (Phi) is 5.18. The fourth-order valence-corrected chi connectivity index (χ4v) is 3.40. The number of anilines is 1. The van der Waals surface area contributed by atoms with E-state index in [4.69, 9.17) is 4.52 Å². The molecule has 1 aromatic carbocycles. The molecule has 0 bridgehead atoms. The minimum absolute atomic E-state index is 0.189. The van der Waals surface area contributed by atoms with E-state index in [1.54, 1.807) is 13.0 Å². The molecular weight excluding hydrogens is 338 g/mol. The number of benzene rings is 1. The van der Waals surface area contributed by atoms with Gasteiger partial charge in [0.25, 0.3) is 0 Å². The van der Waals surface area contributed by atoms with Crippen molar-refractivity contribution in [2.24, 2.45) is 7.05 Å². The highest BCUT2D eigenvalue weighted by molar-refractivity contribution is 8.00. The minimum Gasteiger partial charge on any atom is -0.360 e. The molecule has 1 atom stereocenters. The molecule has 0 fully saturated rings. The Morgan fingerprint density at radius 3 is 2.68 bits per heavy atom. The minimum atomic E-state index is -0.481. The van der Waals surface area contributed by atoms with E-state index < -0.39 is 5.25 Å². The summed E-state index contributed by atoms with van der Waals surface area (Å²) >= 11 is 1.36. The largest absolute Gasteiger partial charge is 0.360 e. The highest BCUT2D eigenvalue weighted by Crippen LogP contribution is 2.35. The van der Waals surface area contributed by atoms with Gasteiger partial charge in [0, 0.05) is 19.5 Å². The second kappa shape index (κ2) is 7.52. The Hall–Kier alpha value is -2.61. The van der Waals surface area contributed by atoms with Crippen LogP contribution in [0.2, 0.25) is 0 Å². The van der Waals surface area contributed by atoms with Crippen molar-refractivity contribution in [1.29, 1.82) is 0 Å². The fraction of sp³-hybridized carbons (Fsp3) is 0.294. The second-order valence-corrected chi connectivity index (χ2v) is 6.60. The molecule has 3 rings (SSSR count). The molecule has 25 heavy (non-hydrogen) atoms. The Morgan fingerprint density at radius 1 is 1.32 bits per heavy atom. The number of amides is 1. The molecule has 0 radical (unpaired) electrons. The standard InChI is InChI=1S/C17H19N5O2S/c1-4-14-19-20-17(22(14)3)25-15(12-8-6-5-7-9-12)16(23)18-13-10-11(2)24-21-13/h5-10,15H,4H2,1-3H3,(H,18,21,23). The summed E-state index contributed by atoms with van der Waals surface area (Å²) in [4.78, 5) is 12.8. The topological polar surface area (TPSA) is 85.8 Å². The number of thioether (sulfide) groups is 1. The summed E-state index contributed by atoms with van der Waals surface area (Å²) in [6.07, 6.45) is 0.782. The molecule has 3 aromatic rings. The number of carbonyl (C=O) groups excluding carboxylic acids is 1. The molecule has 0 saturated carbocycles. The molecule has 130 valence electrons. The predicted octanol–water partition coefficient (Wildman–Crippen LogP) is 3.15. The smallest absolute Gasteiger partial charge is 0.243 e. The van der Waals surface area contributed by atoms with Gasteiger partial charge >= 0.3 is 0 Å². The third-order valence-corrected chi connectivity index (χ3v) is 4.97. The Balaban J connectivity index is 1.87. The molecule has 7 nitrogen and oxygen atoms in total. The summed E-state index contributed by atoms with van der Waals surface area (Å²) in [5.74, 6) is 1.73. The van der Waals surface area contributed by atoms with Crippen molar-refractivity contribution >= 4 is 23.5 Å². The molecule has 1 amide bonds. The first kappa shape index (κ1) is 17.2. The van der Waals surface area contributed by atoms with Gasteiger partial charge in [0.15, 0.2) is 11.0 Å². The van der Waals surface area contributed by atoms with Crippen molar-refractivity contribution in [2.45, 2.75) is 30.7 Å². The Bertz CT molecular complexity index is 859. The first-order valence-electron chi connectivity index (χ1n) is 7.92. The van der Waals surface area contributed by atoms with Crippen LogP contribution < -0.4 is 5.32 Å². The van der Waals surface area contributed by atoms with E-state index in [1.807, 2.05) is 48.9 Å². The lowest BCUT2D eigenvalue weighted by Gasteiger charge is -2.15. The normalized spacial score (nSPS) is 12.1. The highest BCUT2D eigenvalue weighted by Gasteiger charge is 2.25. The molecule has 1 N–H and O–H groups in total. The molecule has 8 heteroatoms. The molecule has 2 heterocycles. The second-order valence-electron chi connectivity index (χ2n) is 5.53. The molecular formula is C17H19N5O2S. The van der Waals surface area contributed by atoms with Crippen molar-refractivity contribution in [3.05, 3.63) is 53.5 Å². The Labute approximate surface area is 149 Å². The molecule has 0 aliphatic rings. The number of rotatable bonds is 6. The van der Waals surface area contributed by atoms with Crippen molar-refractivity contribution in [3.8, 4) is 0 Å². The molecule has 0 spiro atoms. The van der Waals surface area contributed by atoms with Gasteiger partial charge in [-0.15, -0.1) is 10.2 Å². The van der Waals surface area contributed by atoms with Crippen LogP contribution in [-0.4, -0.2) is 25.8 Å². The van der Waals surface area contributed by atoms with Gasteiger partial charge in [0.1, 0.15) is 16.8 Å². The van der Waals surface area contributed by atoms with E-state index in [9.17, 15) is 4.79 Å². The van der Waals surface area contributed by atoms with Crippen molar-refractivity contribution < 1.29 is 9.32 Å². The van der Waals surface area contributed by atoms with E-state index in [2.05, 4.69) is 20.7 Å². The van der Waals surface area contributed by atoms with Crippen LogP contribution in [0.15, 0.2) is 46.1 Å². The monoisotopic (exact) mass is 357 g/mol. The maximum absolute atomic E-state index is 12.8. The van der Waals surface area contributed by atoms with Crippen LogP contribution in [0.25, 0.3) is 0 Å². The lowest BCUT2D eigenvalue weighted by molar-refractivity contribution is -0.115. The van der Waals surface area contributed by atoms with Crippen LogP contribution in [0, 0.1) is 6.92 Å². The first-order valence-corrected chi connectivity index (χ1v) is 8.80. The van der Waals surface area contributed by atoms with Gasteiger partial charge in [0.05, 0.1) is 0 Å². The molecule has 2 aromatic heterocycles. The number of nitrogens with zero attached hydrogens (tertiary/aromatic N) is 4. The van der Waals surface area contributed by atoms with Crippen molar-refractivity contribution in [3.63, 3.8) is 0 Å². The van der Waals surface area contributed by atoms with Crippen LogP contribution in [0.4, 0.5) is 5.82 Å². The van der Waals surface area contributed by atoms with Crippen molar-refractivity contribution in [1.82, 2.24) is 19.9 Å². The van der Waals surface area contributed by atoms with Gasteiger partial charge < -0.3 is 14.4 Å². The average Bonchev–Trinajstić information content (AvgIpc) is 3.18. The van der Waals surface area contributed by atoms with E-state index in [1.165, 1.54) is 11.8 Å². The maximum Gasteiger partial charge on any atom is 0.243 e. The molecule has 1 unspecified atom stereocenters. The number of nitrogens with one attached hydrogen (secondary N) is 1. The van der Waals surface area contributed by atoms with Crippen molar-refractivity contribution in [2.75, 3.05) is 5.32 Å². The van der Waals surface area contributed by atoms with Crippen LogP contribution in [0.3, 0.4) is 0 Å². The third kappa shape index (κ3) is 3.90. The summed E-state index contributed by atoms with van der Waals surface area (Å²) in [6, 6.07) is 11.3. The molecule has 0 aliphatic carbocycles. The van der Waals surface area contributed by atoms with E-state index in [0.29, 0.717) is 16.7 Å². The van der Waals surface area contributed by atoms with E-state index in [-0.39, 0.29) is 5.91 Å². The zero-order valence-corrected chi connectivity index (χ0v) is 15.1. The van der Waals surface area contributed by atoms with Crippen LogP contribution in [0.1, 0.15) is 29.3 Å². The van der Waals surface area contributed by atoms with Gasteiger partial charge in [0.2, 0.25) is 5.91 Å². The number of carbonyl (C=O) groups is 1. The van der Waals surface area contributed by atoms with Crippen LogP contribution >= 0.6 is 11.8 Å². The summed E-state index contributed by atoms with van der Waals surface area (Å²) in [7, 11) is 1.90. The quantitative estimate of drug-likeness (QED) is 0.682. The van der Waals surface area contributed by atoms with Gasteiger partial charge in [-0.3, -0.25) is 4.79 Å². The number of hydrogen-bond donors (Lipinski definition) is 1. The first-order chi connectivity index (χ1) is 12.1. The summed E-state index contributed by atoms with van der Waals surface area (Å²) in [5, 5.41) is 15.2. The Morgan fingerprint density at radius 2 is 2.08 bits per heavy atom. The third-order valence-electron chi connectivity index (χ3n) is 3.68. The van der Waals surface area contributed by atoms with Crippen LogP contribution in [0.5, 0.6) is 0 Å². The zero-order valence-electron chi connectivity index (χ0n) is 14.3. The van der Waals surface area contributed by atoms with Gasteiger partial charge in [-0.25, -0.2) is 0 Å². The predicted molar refractivity (Wildman–Crippen MR) is 95.3 cm³/mol. The van der Waals surface area contributed by atoms with E-state index >= 15 is 0 Å².